The number of aliphatic hydroxyl groups is 1. The third-order valence-corrected chi connectivity index (χ3v) is 19.6. The lowest BCUT2D eigenvalue weighted by Crippen LogP contribution is -2.30. The molecule has 0 saturated carbocycles. The molecule has 92 heavy (non-hydrogen) atoms. The van der Waals surface area contributed by atoms with Crippen LogP contribution in [0.2, 0.25) is 0 Å². The number of hydrogen-bond acceptors (Lipinski definition) is 15. The molecule has 0 aliphatic heterocycles. The van der Waals surface area contributed by atoms with Crippen molar-refractivity contribution >= 4 is 39.5 Å². The topological polar surface area (TPSA) is 237 Å². The van der Waals surface area contributed by atoms with Crippen molar-refractivity contribution < 1.29 is 80.2 Å². The van der Waals surface area contributed by atoms with E-state index in [0.29, 0.717) is 25.7 Å². The third kappa shape index (κ3) is 64.1. The van der Waals surface area contributed by atoms with Crippen LogP contribution in [0.15, 0.2) is 0 Å². The number of carbonyl (C=O) groups excluding carboxylic acids is 4. The minimum atomic E-state index is -4.95. The van der Waals surface area contributed by atoms with E-state index in [1.54, 1.807) is 0 Å². The number of aliphatic hydroxyl groups excluding tert-OH is 1. The van der Waals surface area contributed by atoms with E-state index in [2.05, 4.69) is 41.5 Å². The van der Waals surface area contributed by atoms with Crippen LogP contribution in [0.25, 0.3) is 0 Å². The molecule has 0 heterocycles. The van der Waals surface area contributed by atoms with Crippen LogP contribution >= 0.6 is 15.6 Å². The van der Waals surface area contributed by atoms with Gasteiger partial charge in [0.15, 0.2) is 12.2 Å². The highest BCUT2D eigenvalue weighted by Crippen LogP contribution is 2.45. The Kier molecular flexibility index (Phi) is 63.7. The number of phosphoric ester groups is 2. The molecule has 7 atom stereocenters. The molecule has 0 aromatic carbocycles. The van der Waals surface area contributed by atoms with Crippen LogP contribution in [0.4, 0.5) is 0 Å². The van der Waals surface area contributed by atoms with Gasteiger partial charge in [0.1, 0.15) is 19.3 Å². The molecule has 0 aliphatic rings. The maximum Gasteiger partial charge on any atom is 0.472 e. The standard InChI is InChI=1S/C73H142O17P2/c1-7-11-13-15-17-18-19-20-21-22-23-24-25-26-27-28-29-34-38-45-51-57-72(77)89-68(62-84-71(76)56-50-44-37-33-31-30-32-36-41-47-53-65(5)9-3)63-87-91(79,80)85-59-67(74)60-86-92(81,82)88-64-69(61-83-70(75)55-49-43-35-16-14-12-8-2)90-73(78)58-52-46-40-39-42-48-54-66(6)10-4/h65-69,74H,7-64H2,1-6H3,(H,79,80)(H,81,82)/t65?,66?,67-,68-,69-/m1/s1. The Bertz CT molecular complexity index is 1790. The fraction of sp³-hybridized carbons (Fsp3) is 0.945. The minimum Gasteiger partial charge on any atom is -0.462 e. The molecule has 3 N–H and O–H groups in total. The molecule has 0 radical (unpaired) electrons. The van der Waals surface area contributed by atoms with E-state index >= 15 is 0 Å². The van der Waals surface area contributed by atoms with Crippen LogP contribution in [-0.2, 0) is 65.4 Å². The van der Waals surface area contributed by atoms with E-state index in [1.165, 1.54) is 180 Å². The largest absolute Gasteiger partial charge is 0.472 e. The maximum absolute atomic E-state index is 13.1. The number of carbonyl (C=O) groups is 4. The molecule has 0 saturated heterocycles. The second-order valence-corrected chi connectivity index (χ2v) is 29.7. The molecule has 0 fully saturated rings. The van der Waals surface area contributed by atoms with Gasteiger partial charge in [0.25, 0.3) is 0 Å². The normalized spacial score (nSPS) is 14.7. The fourth-order valence-electron chi connectivity index (χ4n) is 11.1. The highest BCUT2D eigenvalue weighted by atomic mass is 31.2. The van der Waals surface area contributed by atoms with Gasteiger partial charge in [0, 0.05) is 25.7 Å². The first kappa shape index (κ1) is 90.1. The van der Waals surface area contributed by atoms with Crippen molar-refractivity contribution in [3.63, 3.8) is 0 Å². The zero-order valence-corrected chi connectivity index (χ0v) is 61.6. The molecular formula is C73H142O17P2. The number of phosphoric acid groups is 2. The van der Waals surface area contributed by atoms with Crippen LogP contribution in [0.1, 0.15) is 375 Å². The lowest BCUT2D eigenvalue weighted by atomic mass is 9.99. The van der Waals surface area contributed by atoms with Gasteiger partial charge in [0.2, 0.25) is 0 Å². The highest BCUT2D eigenvalue weighted by molar-refractivity contribution is 7.47. The number of esters is 4. The highest BCUT2D eigenvalue weighted by Gasteiger charge is 2.30. The second-order valence-electron chi connectivity index (χ2n) is 26.8. The van der Waals surface area contributed by atoms with Crippen molar-refractivity contribution in [2.75, 3.05) is 39.6 Å². The van der Waals surface area contributed by atoms with Gasteiger partial charge < -0.3 is 33.8 Å². The fourth-order valence-corrected chi connectivity index (χ4v) is 12.6. The summed E-state index contributed by atoms with van der Waals surface area (Å²) >= 11 is 0. The van der Waals surface area contributed by atoms with Gasteiger partial charge in [-0.05, 0) is 37.5 Å². The molecule has 0 amide bonds. The number of rotatable bonds is 72. The Morgan fingerprint density at radius 1 is 0.304 bits per heavy atom. The molecule has 0 spiro atoms. The average Bonchev–Trinajstić information content (AvgIpc) is 3.03. The predicted octanol–water partition coefficient (Wildman–Crippen LogP) is 21.2. The zero-order valence-electron chi connectivity index (χ0n) is 59.9. The van der Waals surface area contributed by atoms with E-state index < -0.39 is 97.5 Å². The number of hydrogen-bond donors (Lipinski definition) is 3. The van der Waals surface area contributed by atoms with Crippen LogP contribution in [0, 0.1) is 11.8 Å². The lowest BCUT2D eigenvalue weighted by Gasteiger charge is -2.21. The van der Waals surface area contributed by atoms with Crippen molar-refractivity contribution in [1.82, 2.24) is 0 Å². The predicted molar refractivity (Wildman–Crippen MR) is 372 cm³/mol. The van der Waals surface area contributed by atoms with Gasteiger partial charge >= 0.3 is 39.5 Å². The maximum atomic E-state index is 13.1. The van der Waals surface area contributed by atoms with E-state index in [9.17, 15) is 43.2 Å². The molecule has 0 aromatic heterocycles. The summed E-state index contributed by atoms with van der Waals surface area (Å²) < 4.78 is 68.2. The Balaban J connectivity index is 5.16. The van der Waals surface area contributed by atoms with Crippen LogP contribution in [-0.4, -0.2) is 96.7 Å². The van der Waals surface area contributed by atoms with Crippen LogP contribution < -0.4 is 0 Å². The van der Waals surface area contributed by atoms with E-state index in [-0.39, 0.29) is 25.7 Å². The number of unbranched alkanes of at least 4 members (excludes halogenated alkanes) is 40. The van der Waals surface area contributed by atoms with Crippen molar-refractivity contribution in [3.05, 3.63) is 0 Å². The van der Waals surface area contributed by atoms with Crippen molar-refractivity contribution in [2.45, 2.75) is 394 Å². The molecule has 17 nitrogen and oxygen atoms in total. The monoisotopic (exact) mass is 1350 g/mol. The minimum absolute atomic E-state index is 0.103. The quantitative estimate of drug-likeness (QED) is 0.0222. The van der Waals surface area contributed by atoms with Crippen LogP contribution in [0.3, 0.4) is 0 Å². The molecule has 546 valence electrons. The third-order valence-electron chi connectivity index (χ3n) is 17.7. The molecular weight excluding hydrogens is 1210 g/mol. The first-order valence-electron chi connectivity index (χ1n) is 38.1. The Hall–Kier alpha value is -1.94. The molecule has 4 unspecified atom stereocenters. The Labute approximate surface area is 562 Å². The van der Waals surface area contributed by atoms with Gasteiger partial charge in [-0.1, -0.05) is 324 Å². The van der Waals surface area contributed by atoms with Gasteiger partial charge in [-0.25, -0.2) is 9.13 Å². The van der Waals surface area contributed by atoms with E-state index in [4.69, 9.17) is 37.0 Å². The summed E-state index contributed by atoms with van der Waals surface area (Å²) in [5, 5.41) is 10.6. The van der Waals surface area contributed by atoms with Gasteiger partial charge in [-0.3, -0.25) is 37.3 Å². The first-order valence-corrected chi connectivity index (χ1v) is 41.1. The first-order chi connectivity index (χ1) is 44.4. The smallest absolute Gasteiger partial charge is 0.462 e. The van der Waals surface area contributed by atoms with E-state index in [1.807, 2.05) is 0 Å². The second kappa shape index (κ2) is 65.0. The van der Waals surface area contributed by atoms with Crippen molar-refractivity contribution in [1.29, 1.82) is 0 Å². The average molecular weight is 1350 g/mol. The molecule has 19 heteroatoms. The van der Waals surface area contributed by atoms with Crippen molar-refractivity contribution in [2.24, 2.45) is 11.8 Å². The summed E-state index contributed by atoms with van der Waals surface area (Å²) in [5.74, 6) is -0.599. The van der Waals surface area contributed by atoms with E-state index in [0.717, 1.165) is 115 Å². The zero-order chi connectivity index (χ0) is 67.9. The van der Waals surface area contributed by atoms with Crippen molar-refractivity contribution in [3.8, 4) is 0 Å². The van der Waals surface area contributed by atoms with Crippen LogP contribution in [0.5, 0.6) is 0 Å². The Morgan fingerprint density at radius 3 is 0.772 bits per heavy atom. The summed E-state index contributed by atoms with van der Waals surface area (Å²) in [6.07, 6.45) is 51.6. The molecule has 0 aromatic rings. The van der Waals surface area contributed by atoms with Gasteiger partial charge in [-0.15, -0.1) is 0 Å². The Morgan fingerprint density at radius 2 is 0.522 bits per heavy atom. The van der Waals surface area contributed by atoms with Gasteiger partial charge in [-0.2, -0.15) is 0 Å². The SMILES string of the molecule is CCCCCCCCCCCCCCCCCCCCCCCC(=O)O[C@H](COC(=O)CCCCCCCCCCCCC(C)CC)COP(=O)(O)OC[C@@H](O)COP(=O)(O)OC[C@@H](COC(=O)CCCCCCCCC)OC(=O)CCCCCCCCC(C)CC. The summed E-state index contributed by atoms with van der Waals surface area (Å²) in [6.45, 7) is 9.50. The lowest BCUT2D eigenvalue weighted by molar-refractivity contribution is -0.161. The molecule has 0 bridgehead atoms. The summed E-state index contributed by atoms with van der Waals surface area (Å²) in [5.41, 5.74) is 0. The summed E-state index contributed by atoms with van der Waals surface area (Å²) in [4.78, 5) is 72.5. The summed E-state index contributed by atoms with van der Waals surface area (Å²) in [7, 11) is -9.90. The molecule has 0 aliphatic carbocycles. The summed E-state index contributed by atoms with van der Waals surface area (Å²) in [6, 6.07) is 0. The number of ether oxygens (including phenoxy) is 4. The molecule has 0 rings (SSSR count). The van der Waals surface area contributed by atoms with Gasteiger partial charge in [0.05, 0.1) is 26.4 Å².